The lowest BCUT2D eigenvalue weighted by atomic mass is 10.0. The monoisotopic (exact) mass is 444 g/mol. The van der Waals surface area contributed by atoms with E-state index in [0.29, 0.717) is 10.0 Å². The molecule has 0 aliphatic heterocycles. The standard InChI is InChI=1S/C18H22N2O2.C6H4Cl2/c1-13(21)20(3)18-16-9-5-4-7-14(16)11-17(18)19(2)12-15-8-6-10-22-15;7-5-3-1-2-4-6(5)8/h4-10,17-18H,11-12H2,1-3H3;1-4H. The molecule has 4 nitrogen and oxygen atoms in total. The first-order valence-electron chi connectivity index (χ1n) is 9.82. The quantitative estimate of drug-likeness (QED) is 0.506. The third-order valence-corrected chi connectivity index (χ3v) is 6.21. The predicted octanol–water partition coefficient (Wildman–Crippen LogP) is 5.85. The molecule has 1 aliphatic rings. The lowest BCUT2D eigenvalue weighted by Crippen LogP contribution is -2.42. The van der Waals surface area contributed by atoms with Crippen LogP contribution in [0, 0.1) is 0 Å². The summed E-state index contributed by atoms with van der Waals surface area (Å²) in [5, 5.41) is 1.21. The minimum atomic E-state index is 0.0914. The Morgan fingerprint density at radius 2 is 1.63 bits per heavy atom. The number of amides is 1. The highest BCUT2D eigenvalue weighted by molar-refractivity contribution is 6.41. The molecule has 0 fully saturated rings. The van der Waals surface area contributed by atoms with E-state index in [9.17, 15) is 4.79 Å². The molecule has 0 spiro atoms. The molecule has 30 heavy (non-hydrogen) atoms. The van der Waals surface area contributed by atoms with Crippen LogP contribution in [0.5, 0.6) is 0 Å². The Labute approximate surface area is 188 Å². The molecule has 0 saturated heterocycles. The van der Waals surface area contributed by atoms with Crippen LogP contribution in [-0.2, 0) is 17.8 Å². The molecule has 2 atom stereocenters. The first-order valence-corrected chi connectivity index (χ1v) is 10.6. The summed E-state index contributed by atoms with van der Waals surface area (Å²) in [6.07, 6.45) is 2.65. The van der Waals surface area contributed by atoms with Gasteiger partial charge >= 0.3 is 0 Å². The van der Waals surface area contributed by atoms with Crippen molar-refractivity contribution < 1.29 is 9.21 Å². The number of benzene rings is 2. The maximum absolute atomic E-state index is 11.9. The Bertz CT molecular complexity index is 954. The summed E-state index contributed by atoms with van der Waals surface area (Å²) in [6.45, 7) is 2.37. The number of fused-ring (bicyclic) bond motifs is 1. The second-order valence-electron chi connectivity index (χ2n) is 7.45. The number of likely N-dealkylation sites (N-methyl/N-ethyl adjacent to an activating group) is 2. The lowest BCUT2D eigenvalue weighted by molar-refractivity contribution is -0.130. The van der Waals surface area contributed by atoms with E-state index in [4.69, 9.17) is 27.6 Å². The second-order valence-corrected chi connectivity index (χ2v) is 8.27. The Morgan fingerprint density at radius 1 is 1.00 bits per heavy atom. The van der Waals surface area contributed by atoms with Gasteiger partial charge in [-0.25, -0.2) is 0 Å². The van der Waals surface area contributed by atoms with Crippen molar-refractivity contribution in [2.45, 2.75) is 32.0 Å². The third-order valence-electron chi connectivity index (χ3n) is 5.46. The zero-order chi connectivity index (χ0) is 21.7. The van der Waals surface area contributed by atoms with Crippen LogP contribution in [0.3, 0.4) is 0 Å². The zero-order valence-corrected chi connectivity index (χ0v) is 18.9. The van der Waals surface area contributed by atoms with Gasteiger partial charge in [-0.2, -0.15) is 0 Å². The van der Waals surface area contributed by atoms with Gasteiger partial charge in [-0.15, -0.1) is 0 Å². The van der Waals surface area contributed by atoms with Gasteiger partial charge < -0.3 is 9.32 Å². The topological polar surface area (TPSA) is 36.7 Å². The molecule has 0 radical (unpaired) electrons. The number of halogens is 2. The molecule has 2 aromatic carbocycles. The van der Waals surface area contributed by atoms with Gasteiger partial charge in [0.25, 0.3) is 0 Å². The predicted molar refractivity (Wildman–Crippen MR) is 122 cm³/mol. The van der Waals surface area contributed by atoms with Gasteiger partial charge in [0.15, 0.2) is 0 Å². The van der Waals surface area contributed by atoms with Crippen LogP contribution in [0.15, 0.2) is 71.3 Å². The van der Waals surface area contributed by atoms with E-state index in [1.807, 2.05) is 36.2 Å². The van der Waals surface area contributed by atoms with Crippen LogP contribution in [0.1, 0.15) is 29.9 Å². The normalized spacial score (nSPS) is 17.3. The Morgan fingerprint density at radius 3 is 2.20 bits per heavy atom. The van der Waals surface area contributed by atoms with Crippen LogP contribution in [-0.4, -0.2) is 35.8 Å². The molecule has 0 bridgehead atoms. The number of rotatable bonds is 4. The summed E-state index contributed by atoms with van der Waals surface area (Å²) in [7, 11) is 3.99. The summed E-state index contributed by atoms with van der Waals surface area (Å²) >= 11 is 11.2. The summed E-state index contributed by atoms with van der Waals surface area (Å²) in [6, 6.07) is 19.9. The average Bonchev–Trinajstić information content (AvgIpc) is 3.37. The van der Waals surface area contributed by atoms with E-state index in [1.165, 1.54) is 11.1 Å². The van der Waals surface area contributed by atoms with Crippen molar-refractivity contribution in [3.63, 3.8) is 0 Å². The Kier molecular flexibility index (Phi) is 7.59. The molecule has 6 heteroatoms. The minimum Gasteiger partial charge on any atom is -0.468 e. The minimum absolute atomic E-state index is 0.0914. The van der Waals surface area contributed by atoms with E-state index in [2.05, 4.69) is 36.2 Å². The number of carbonyl (C=O) groups excluding carboxylic acids is 1. The van der Waals surface area contributed by atoms with E-state index in [0.717, 1.165) is 18.7 Å². The maximum atomic E-state index is 11.9. The lowest BCUT2D eigenvalue weighted by Gasteiger charge is -2.35. The molecular weight excluding hydrogens is 419 g/mol. The van der Waals surface area contributed by atoms with E-state index < -0.39 is 0 Å². The van der Waals surface area contributed by atoms with Crippen LogP contribution >= 0.6 is 23.2 Å². The first kappa shape index (κ1) is 22.4. The zero-order valence-electron chi connectivity index (χ0n) is 17.4. The third kappa shape index (κ3) is 5.25. The number of hydrogen-bond acceptors (Lipinski definition) is 3. The SMILES string of the molecule is CC(=O)N(C)C1c2ccccc2CC1N(C)Cc1ccco1.Clc1ccccc1Cl. The number of hydrogen-bond donors (Lipinski definition) is 0. The molecule has 1 heterocycles. The summed E-state index contributed by atoms with van der Waals surface area (Å²) in [5.41, 5.74) is 2.59. The molecular formula is C24H26Cl2N2O2. The van der Waals surface area contributed by atoms with E-state index >= 15 is 0 Å². The summed E-state index contributed by atoms with van der Waals surface area (Å²) in [4.78, 5) is 16.1. The number of nitrogens with zero attached hydrogens (tertiary/aromatic N) is 2. The van der Waals surface area contributed by atoms with Gasteiger partial charge in [-0.3, -0.25) is 9.69 Å². The highest BCUT2D eigenvalue weighted by atomic mass is 35.5. The van der Waals surface area contributed by atoms with Crippen molar-refractivity contribution in [1.82, 2.24) is 9.80 Å². The molecule has 2 unspecified atom stereocenters. The fraction of sp³-hybridized carbons (Fsp3) is 0.292. The van der Waals surface area contributed by atoms with E-state index in [1.54, 1.807) is 25.3 Å². The Balaban J connectivity index is 0.000000269. The molecule has 0 saturated carbocycles. The van der Waals surface area contributed by atoms with Crippen molar-refractivity contribution in [3.8, 4) is 0 Å². The van der Waals surface area contributed by atoms with Crippen molar-refractivity contribution in [2.75, 3.05) is 14.1 Å². The molecule has 0 N–H and O–H groups in total. The van der Waals surface area contributed by atoms with Crippen LogP contribution in [0.25, 0.3) is 0 Å². The van der Waals surface area contributed by atoms with Crippen molar-refractivity contribution in [2.24, 2.45) is 0 Å². The van der Waals surface area contributed by atoms with Crippen LogP contribution in [0.2, 0.25) is 10.0 Å². The first-order chi connectivity index (χ1) is 14.4. The highest BCUT2D eigenvalue weighted by Crippen LogP contribution is 2.38. The van der Waals surface area contributed by atoms with Gasteiger partial charge in [0.05, 0.1) is 28.9 Å². The van der Waals surface area contributed by atoms with E-state index in [-0.39, 0.29) is 18.0 Å². The molecule has 1 amide bonds. The molecule has 1 aliphatic carbocycles. The summed E-state index contributed by atoms with van der Waals surface area (Å²) in [5.74, 6) is 1.04. The summed E-state index contributed by atoms with van der Waals surface area (Å²) < 4.78 is 5.46. The largest absolute Gasteiger partial charge is 0.468 e. The van der Waals surface area contributed by atoms with Gasteiger partial charge in [0, 0.05) is 20.0 Å². The van der Waals surface area contributed by atoms with Crippen LogP contribution < -0.4 is 0 Å². The van der Waals surface area contributed by atoms with Crippen molar-refractivity contribution >= 4 is 29.1 Å². The maximum Gasteiger partial charge on any atom is 0.219 e. The Hall–Kier alpha value is -2.27. The smallest absolute Gasteiger partial charge is 0.219 e. The van der Waals surface area contributed by atoms with Gasteiger partial charge in [0.2, 0.25) is 5.91 Å². The van der Waals surface area contributed by atoms with Crippen molar-refractivity contribution in [3.05, 3.63) is 93.9 Å². The van der Waals surface area contributed by atoms with Gasteiger partial charge in [-0.05, 0) is 48.9 Å². The number of carbonyl (C=O) groups is 1. The average molecular weight is 445 g/mol. The highest BCUT2D eigenvalue weighted by Gasteiger charge is 2.38. The second kappa shape index (κ2) is 10.2. The van der Waals surface area contributed by atoms with Crippen molar-refractivity contribution in [1.29, 1.82) is 0 Å². The number of furan rings is 1. The molecule has 3 aromatic rings. The molecule has 158 valence electrons. The van der Waals surface area contributed by atoms with Gasteiger partial charge in [-0.1, -0.05) is 59.6 Å². The van der Waals surface area contributed by atoms with Gasteiger partial charge in [0.1, 0.15) is 5.76 Å². The fourth-order valence-electron chi connectivity index (χ4n) is 3.82. The molecule has 4 rings (SSSR count). The fourth-order valence-corrected chi connectivity index (χ4v) is 4.09. The van der Waals surface area contributed by atoms with Crippen LogP contribution in [0.4, 0.5) is 0 Å². The molecule has 1 aromatic heterocycles.